The summed E-state index contributed by atoms with van der Waals surface area (Å²) in [5.74, 6) is 0.152. The molecule has 25 heavy (non-hydrogen) atoms. The normalized spacial score (nSPS) is 22.2. The molecule has 0 spiro atoms. The average molecular weight is 367 g/mol. The fraction of sp³-hybridized carbons (Fsp3) is 0.588. The lowest BCUT2D eigenvalue weighted by Gasteiger charge is -2.36. The number of sulfonamides is 1. The maximum Gasteiger partial charge on any atom is 0.263 e. The number of amides is 1. The molecule has 0 aromatic heterocycles. The Morgan fingerprint density at radius 1 is 1.28 bits per heavy atom. The van der Waals surface area contributed by atoms with E-state index in [9.17, 15) is 13.2 Å². The van der Waals surface area contributed by atoms with Gasteiger partial charge in [0.15, 0.2) is 6.10 Å². The second-order valence-electron chi connectivity index (χ2n) is 6.59. The van der Waals surface area contributed by atoms with Gasteiger partial charge in [-0.2, -0.15) is 0 Å². The van der Waals surface area contributed by atoms with E-state index < -0.39 is 16.1 Å². The summed E-state index contributed by atoms with van der Waals surface area (Å²) in [6.07, 6.45) is 0.946. The Kier molecular flexibility index (Phi) is 5.19. The second-order valence-corrected chi connectivity index (χ2v) is 8.77. The minimum Gasteiger partial charge on any atom is -0.476 e. The lowest BCUT2D eigenvalue weighted by Crippen LogP contribution is -2.54. The first-order valence-electron chi connectivity index (χ1n) is 8.65. The summed E-state index contributed by atoms with van der Waals surface area (Å²) in [7, 11) is -1.41. The molecule has 1 amide bonds. The van der Waals surface area contributed by atoms with Crippen molar-refractivity contribution in [1.82, 2.24) is 10.2 Å². The zero-order valence-corrected chi connectivity index (χ0v) is 15.5. The first-order chi connectivity index (χ1) is 11.9. The van der Waals surface area contributed by atoms with Crippen LogP contribution in [-0.4, -0.2) is 63.8 Å². The third-order valence-electron chi connectivity index (χ3n) is 4.79. The predicted octanol–water partition coefficient (Wildman–Crippen LogP) is 0.814. The molecule has 1 aromatic carbocycles. The van der Waals surface area contributed by atoms with Crippen molar-refractivity contribution in [3.8, 4) is 5.75 Å². The zero-order valence-electron chi connectivity index (χ0n) is 14.6. The minimum absolute atomic E-state index is 0.00560. The summed E-state index contributed by atoms with van der Waals surface area (Å²) < 4.78 is 32.0. The van der Waals surface area contributed by atoms with Gasteiger partial charge >= 0.3 is 0 Å². The predicted molar refractivity (Wildman–Crippen MR) is 96.3 cm³/mol. The highest BCUT2D eigenvalue weighted by atomic mass is 32.2. The molecule has 7 nitrogen and oxygen atoms in total. The van der Waals surface area contributed by atoms with Crippen LogP contribution < -0.4 is 14.4 Å². The molecule has 0 saturated carbocycles. The van der Waals surface area contributed by atoms with Gasteiger partial charge in [-0.25, -0.2) is 8.42 Å². The summed E-state index contributed by atoms with van der Waals surface area (Å²) in [6.45, 7) is 3.48. The van der Waals surface area contributed by atoms with Crippen LogP contribution in [0.4, 0.5) is 5.69 Å². The van der Waals surface area contributed by atoms with E-state index in [-0.39, 0.29) is 24.2 Å². The molecule has 1 aromatic rings. The van der Waals surface area contributed by atoms with E-state index in [0.29, 0.717) is 11.4 Å². The van der Waals surface area contributed by atoms with Gasteiger partial charge in [-0.05, 0) is 52.0 Å². The number of nitrogens with zero attached hydrogens (tertiary/aromatic N) is 2. The Labute approximate surface area is 149 Å². The van der Waals surface area contributed by atoms with Gasteiger partial charge in [0.25, 0.3) is 5.91 Å². The van der Waals surface area contributed by atoms with Crippen LogP contribution in [0.15, 0.2) is 24.3 Å². The van der Waals surface area contributed by atoms with Crippen molar-refractivity contribution in [2.24, 2.45) is 0 Å². The van der Waals surface area contributed by atoms with Crippen molar-refractivity contribution < 1.29 is 17.9 Å². The lowest BCUT2D eigenvalue weighted by molar-refractivity contribution is -0.128. The summed E-state index contributed by atoms with van der Waals surface area (Å²) in [5.41, 5.74) is 0.493. The van der Waals surface area contributed by atoms with Crippen molar-refractivity contribution in [3.63, 3.8) is 0 Å². The highest BCUT2D eigenvalue weighted by molar-refractivity contribution is 7.92. The van der Waals surface area contributed by atoms with Crippen LogP contribution in [-0.2, 0) is 14.8 Å². The fourth-order valence-electron chi connectivity index (χ4n) is 3.21. The number of fused-ring (bicyclic) bond motifs is 1. The molecule has 3 rings (SSSR count). The molecular formula is C17H25N3O4S. The number of ether oxygens (including phenoxy) is 1. The van der Waals surface area contributed by atoms with Crippen LogP contribution in [0, 0.1) is 0 Å². The Hall–Kier alpha value is -1.80. The Bertz CT molecular complexity index is 729. The van der Waals surface area contributed by atoms with E-state index in [1.54, 1.807) is 31.2 Å². The van der Waals surface area contributed by atoms with E-state index >= 15 is 0 Å². The van der Waals surface area contributed by atoms with E-state index in [2.05, 4.69) is 17.3 Å². The molecule has 8 heteroatoms. The van der Waals surface area contributed by atoms with Gasteiger partial charge in [-0.15, -0.1) is 0 Å². The van der Waals surface area contributed by atoms with Crippen LogP contribution in [0.3, 0.4) is 0 Å². The molecule has 1 saturated heterocycles. The van der Waals surface area contributed by atoms with Crippen LogP contribution in [0.5, 0.6) is 5.75 Å². The number of para-hydroxylation sites is 2. The molecule has 1 N–H and O–H groups in total. The van der Waals surface area contributed by atoms with E-state index in [1.165, 1.54) is 4.31 Å². The van der Waals surface area contributed by atoms with Crippen LogP contribution in [0.2, 0.25) is 0 Å². The van der Waals surface area contributed by atoms with Gasteiger partial charge in [-0.1, -0.05) is 12.1 Å². The first-order valence-corrected chi connectivity index (χ1v) is 10.3. The van der Waals surface area contributed by atoms with Crippen molar-refractivity contribution in [2.45, 2.75) is 31.9 Å². The Morgan fingerprint density at radius 2 is 1.96 bits per heavy atom. The van der Waals surface area contributed by atoms with Gasteiger partial charge in [0.05, 0.1) is 18.0 Å². The number of hydrogen-bond acceptors (Lipinski definition) is 5. The van der Waals surface area contributed by atoms with E-state index in [0.717, 1.165) is 25.9 Å². The van der Waals surface area contributed by atoms with Crippen molar-refractivity contribution in [1.29, 1.82) is 0 Å². The first kappa shape index (κ1) is 18.0. The molecule has 0 aliphatic carbocycles. The fourth-order valence-corrected chi connectivity index (χ4v) is 4.33. The molecular weight excluding hydrogens is 342 g/mol. The van der Waals surface area contributed by atoms with Crippen LogP contribution in [0.1, 0.15) is 19.8 Å². The zero-order chi connectivity index (χ0) is 18.0. The molecule has 1 unspecified atom stereocenters. The van der Waals surface area contributed by atoms with Crippen molar-refractivity contribution in [3.05, 3.63) is 24.3 Å². The summed E-state index contributed by atoms with van der Waals surface area (Å²) in [5, 5.41) is 3.02. The quantitative estimate of drug-likeness (QED) is 0.852. The number of rotatable bonds is 4. The number of anilines is 1. The van der Waals surface area contributed by atoms with Gasteiger partial charge in [-0.3, -0.25) is 9.10 Å². The van der Waals surface area contributed by atoms with Gasteiger partial charge in [0, 0.05) is 6.04 Å². The summed E-state index contributed by atoms with van der Waals surface area (Å²) in [6, 6.07) is 7.04. The number of piperidine rings is 1. The Morgan fingerprint density at radius 3 is 2.64 bits per heavy atom. The number of hydrogen-bond donors (Lipinski definition) is 1. The number of nitrogens with one attached hydrogen (secondary N) is 1. The third-order valence-corrected chi connectivity index (χ3v) is 6.54. The molecule has 2 aliphatic heterocycles. The SMILES string of the molecule is CCS(=O)(=O)N1CC(C(=O)NC2CCN(C)CC2)Oc2ccccc21. The molecule has 0 radical (unpaired) electrons. The highest BCUT2D eigenvalue weighted by Crippen LogP contribution is 2.35. The van der Waals surface area contributed by atoms with Gasteiger partial charge < -0.3 is 15.0 Å². The van der Waals surface area contributed by atoms with Gasteiger partial charge in [0.2, 0.25) is 10.0 Å². The summed E-state index contributed by atoms with van der Waals surface area (Å²) >= 11 is 0. The van der Waals surface area contributed by atoms with E-state index in [4.69, 9.17) is 4.74 Å². The molecule has 2 heterocycles. The van der Waals surface area contributed by atoms with Crippen molar-refractivity contribution in [2.75, 3.05) is 36.7 Å². The van der Waals surface area contributed by atoms with Crippen LogP contribution in [0.25, 0.3) is 0 Å². The topological polar surface area (TPSA) is 79.0 Å². The number of carbonyl (C=O) groups is 1. The molecule has 1 fully saturated rings. The molecule has 138 valence electrons. The maximum absolute atomic E-state index is 12.6. The standard InChI is InChI=1S/C17H25N3O4S/c1-3-25(22,23)20-12-16(24-15-7-5-4-6-14(15)20)17(21)18-13-8-10-19(2)11-9-13/h4-7,13,16H,3,8-12H2,1-2H3,(H,18,21). The van der Waals surface area contributed by atoms with Gasteiger partial charge in [0.1, 0.15) is 5.75 Å². The largest absolute Gasteiger partial charge is 0.476 e. The summed E-state index contributed by atoms with van der Waals surface area (Å²) in [4.78, 5) is 14.9. The monoisotopic (exact) mass is 367 g/mol. The third kappa shape index (κ3) is 3.90. The van der Waals surface area contributed by atoms with E-state index in [1.807, 2.05) is 0 Å². The smallest absolute Gasteiger partial charge is 0.263 e. The average Bonchev–Trinajstić information content (AvgIpc) is 2.62. The van der Waals surface area contributed by atoms with Crippen LogP contribution >= 0.6 is 0 Å². The lowest BCUT2D eigenvalue weighted by atomic mass is 10.1. The maximum atomic E-state index is 12.6. The second kappa shape index (κ2) is 7.21. The highest BCUT2D eigenvalue weighted by Gasteiger charge is 2.36. The number of carbonyl (C=O) groups excluding carboxylic acids is 1. The molecule has 0 bridgehead atoms. The molecule has 1 atom stereocenters. The number of benzene rings is 1. The minimum atomic E-state index is -3.47. The Balaban J connectivity index is 1.76. The van der Waals surface area contributed by atoms with Crippen molar-refractivity contribution >= 4 is 21.6 Å². The number of likely N-dealkylation sites (tertiary alicyclic amines) is 1. The molecule has 2 aliphatic rings.